The third-order valence-corrected chi connectivity index (χ3v) is 4.39. The molecule has 0 amide bonds. The van der Waals surface area contributed by atoms with Gasteiger partial charge in [-0.2, -0.15) is 0 Å². The van der Waals surface area contributed by atoms with E-state index < -0.39 is 0 Å². The number of hydrogen-bond acceptors (Lipinski definition) is 2. The molecule has 0 saturated carbocycles. The molecule has 1 aromatic heterocycles. The van der Waals surface area contributed by atoms with Crippen LogP contribution < -0.4 is 0 Å². The van der Waals surface area contributed by atoms with Gasteiger partial charge in [-0.05, 0) is 42.3 Å². The lowest BCUT2D eigenvalue weighted by molar-refractivity contribution is 0.586. The van der Waals surface area contributed by atoms with E-state index in [2.05, 4.69) is 79.5 Å². The van der Waals surface area contributed by atoms with Crippen LogP contribution in [0, 0.1) is 6.92 Å². The fraction of sp³-hybridized carbons (Fsp3) is 0.385. The second-order valence-electron chi connectivity index (χ2n) is 4.47. The molecule has 0 aliphatic carbocycles. The van der Waals surface area contributed by atoms with Crippen molar-refractivity contribution >= 4 is 31.9 Å². The highest BCUT2D eigenvalue weighted by atomic mass is 79.9. The molecule has 5 heteroatoms. The van der Waals surface area contributed by atoms with Gasteiger partial charge in [-0.1, -0.05) is 34.1 Å². The molecule has 0 bridgehead atoms. The van der Waals surface area contributed by atoms with Crippen molar-refractivity contribution in [2.75, 3.05) is 0 Å². The summed E-state index contributed by atoms with van der Waals surface area (Å²) in [5.41, 5.74) is 2.29. The van der Waals surface area contributed by atoms with Crippen molar-refractivity contribution in [1.82, 2.24) is 14.8 Å². The van der Waals surface area contributed by atoms with Gasteiger partial charge in [0.2, 0.25) is 0 Å². The van der Waals surface area contributed by atoms with E-state index in [0.29, 0.717) is 11.4 Å². The van der Waals surface area contributed by atoms with E-state index in [1.165, 1.54) is 5.56 Å². The number of aryl methyl sites for hydroxylation is 1. The van der Waals surface area contributed by atoms with Gasteiger partial charge >= 0.3 is 0 Å². The zero-order valence-corrected chi connectivity index (χ0v) is 13.8. The summed E-state index contributed by atoms with van der Waals surface area (Å²) in [5, 5.41) is 9.29. The second-order valence-corrected chi connectivity index (χ2v) is 5.83. The molecule has 1 aromatic carbocycles. The molecule has 0 aliphatic rings. The Bertz CT molecular complexity index is 561. The molecule has 2 rings (SSSR count). The number of benzene rings is 1. The van der Waals surface area contributed by atoms with Gasteiger partial charge in [0, 0.05) is 16.1 Å². The van der Waals surface area contributed by atoms with Crippen molar-refractivity contribution in [2.45, 2.75) is 32.1 Å². The predicted octanol–water partition coefficient (Wildman–Crippen LogP) is 4.49. The van der Waals surface area contributed by atoms with E-state index in [1.54, 1.807) is 0 Å². The van der Waals surface area contributed by atoms with Gasteiger partial charge in [-0.15, -0.1) is 10.2 Å². The zero-order chi connectivity index (χ0) is 13.3. The minimum atomic E-state index is 0.329. The van der Waals surface area contributed by atoms with Gasteiger partial charge in [0.1, 0.15) is 5.82 Å². The summed E-state index contributed by atoms with van der Waals surface area (Å²) in [6.07, 6.45) is 0. The molecule has 0 saturated heterocycles. The maximum atomic E-state index is 4.33. The summed E-state index contributed by atoms with van der Waals surface area (Å²) < 4.78 is 3.24. The van der Waals surface area contributed by atoms with Crippen molar-refractivity contribution in [2.24, 2.45) is 0 Å². The topological polar surface area (TPSA) is 30.7 Å². The Hall–Kier alpha value is -0.680. The second kappa shape index (κ2) is 5.53. The fourth-order valence-corrected chi connectivity index (χ4v) is 2.79. The molecular formula is C13H15Br2N3. The lowest BCUT2D eigenvalue weighted by Crippen LogP contribution is -2.07. The van der Waals surface area contributed by atoms with Gasteiger partial charge in [0.15, 0.2) is 5.82 Å². The minimum Gasteiger partial charge on any atom is -0.308 e. The third-order valence-electron chi connectivity index (χ3n) is 2.84. The Morgan fingerprint density at radius 2 is 2.00 bits per heavy atom. The molecule has 96 valence electrons. The van der Waals surface area contributed by atoms with Crippen LogP contribution in [0.25, 0.3) is 11.4 Å². The Morgan fingerprint density at radius 3 is 2.61 bits per heavy atom. The highest BCUT2D eigenvalue weighted by Crippen LogP contribution is 2.31. The fourth-order valence-electron chi connectivity index (χ4n) is 1.96. The number of hydrogen-bond donors (Lipinski definition) is 0. The summed E-state index contributed by atoms with van der Waals surface area (Å²) in [5.74, 6) is 1.86. The molecular weight excluding hydrogens is 358 g/mol. The van der Waals surface area contributed by atoms with Crippen molar-refractivity contribution in [3.8, 4) is 11.4 Å². The van der Waals surface area contributed by atoms with Crippen LogP contribution in [0.1, 0.15) is 31.3 Å². The van der Waals surface area contributed by atoms with Crippen LogP contribution >= 0.6 is 31.9 Å². The number of rotatable bonds is 3. The molecule has 1 heterocycles. The van der Waals surface area contributed by atoms with E-state index in [1.807, 2.05) is 6.07 Å². The number of aromatic nitrogens is 3. The summed E-state index contributed by atoms with van der Waals surface area (Å²) in [7, 11) is 0. The first kappa shape index (κ1) is 13.7. The average Bonchev–Trinajstić information content (AvgIpc) is 2.76. The van der Waals surface area contributed by atoms with Crippen molar-refractivity contribution in [3.63, 3.8) is 0 Å². The Kier molecular flexibility index (Phi) is 4.22. The zero-order valence-electron chi connectivity index (χ0n) is 10.6. The van der Waals surface area contributed by atoms with Crippen LogP contribution in [0.4, 0.5) is 0 Å². The summed E-state index contributed by atoms with van der Waals surface area (Å²) >= 11 is 7.10. The number of nitrogens with zero attached hydrogens (tertiary/aromatic N) is 3. The normalized spacial score (nSPS) is 11.2. The molecule has 0 N–H and O–H groups in total. The van der Waals surface area contributed by atoms with Crippen LogP contribution in [-0.2, 0) is 5.33 Å². The maximum Gasteiger partial charge on any atom is 0.165 e. The van der Waals surface area contributed by atoms with Crippen LogP contribution in [0.3, 0.4) is 0 Å². The van der Waals surface area contributed by atoms with Crippen LogP contribution in [0.2, 0.25) is 0 Å². The van der Waals surface area contributed by atoms with Crippen LogP contribution in [-0.4, -0.2) is 14.8 Å². The number of halogens is 2. The van der Waals surface area contributed by atoms with Gasteiger partial charge in [0.25, 0.3) is 0 Å². The lowest BCUT2D eigenvalue weighted by Gasteiger charge is -2.14. The molecule has 0 unspecified atom stereocenters. The van der Waals surface area contributed by atoms with Gasteiger partial charge in [0.05, 0.1) is 5.33 Å². The van der Waals surface area contributed by atoms with Crippen molar-refractivity contribution in [1.29, 1.82) is 0 Å². The highest BCUT2D eigenvalue weighted by Gasteiger charge is 2.17. The highest BCUT2D eigenvalue weighted by molar-refractivity contribution is 9.10. The first-order chi connectivity index (χ1) is 8.56. The Balaban J connectivity index is 2.64. The van der Waals surface area contributed by atoms with Crippen molar-refractivity contribution in [3.05, 3.63) is 34.1 Å². The standard InChI is InChI=1S/C13H15Br2N3/c1-8(2)18-11(7-14)16-17-13(18)10-6-4-5-9(3)12(10)15/h4-6,8H,7H2,1-3H3. The first-order valence-electron chi connectivity index (χ1n) is 5.81. The summed E-state index contributed by atoms with van der Waals surface area (Å²) in [4.78, 5) is 0. The number of alkyl halides is 1. The molecule has 3 nitrogen and oxygen atoms in total. The average molecular weight is 373 g/mol. The molecule has 2 aromatic rings. The molecule has 0 aliphatic heterocycles. The Labute approximate surface area is 124 Å². The third kappa shape index (κ3) is 2.38. The molecule has 0 fully saturated rings. The molecule has 0 atom stereocenters. The SMILES string of the molecule is Cc1cccc(-c2nnc(CBr)n2C(C)C)c1Br. The van der Waals surface area contributed by atoms with Gasteiger partial charge in [-0.25, -0.2) is 0 Å². The van der Waals surface area contributed by atoms with Crippen molar-refractivity contribution < 1.29 is 0 Å². The molecule has 18 heavy (non-hydrogen) atoms. The van der Waals surface area contributed by atoms with E-state index in [-0.39, 0.29) is 0 Å². The predicted molar refractivity (Wildman–Crippen MR) is 80.9 cm³/mol. The first-order valence-corrected chi connectivity index (χ1v) is 7.73. The summed E-state index contributed by atoms with van der Waals surface area (Å²) in [6, 6.07) is 6.52. The lowest BCUT2D eigenvalue weighted by atomic mass is 10.1. The Morgan fingerprint density at radius 1 is 1.28 bits per heavy atom. The van der Waals surface area contributed by atoms with E-state index in [4.69, 9.17) is 0 Å². The van der Waals surface area contributed by atoms with E-state index >= 15 is 0 Å². The van der Waals surface area contributed by atoms with E-state index in [0.717, 1.165) is 21.7 Å². The van der Waals surface area contributed by atoms with Gasteiger partial charge in [-0.3, -0.25) is 0 Å². The molecule has 0 spiro atoms. The van der Waals surface area contributed by atoms with Gasteiger partial charge < -0.3 is 4.57 Å². The monoisotopic (exact) mass is 371 g/mol. The van der Waals surface area contributed by atoms with E-state index in [9.17, 15) is 0 Å². The van der Waals surface area contributed by atoms with Crippen LogP contribution in [0.5, 0.6) is 0 Å². The quantitative estimate of drug-likeness (QED) is 0.743. The molecule has 0 radical (unpaired) electrons. The van der Waals surface area contributed by atoms with Crippen LogP contribution in [0.15, 0.2) is 22.7 Å². The summed E-state index contributed by atoms with van der Waals surface area (Å²) in [6.45, 7) is 6.36. The largest absolute Gasteiger partial charge is 0.308 e. The maximum absolute atomic E-state index is 4.33. The smallest absolute Gasteiger partial charge is 0.165 e. The minimum absolute atomic E-state index is 0.329.